The lowest BCUT2D eigenvalue weighted by atomic mass is 10.3. The predicted molar refractivity (Wildman–Crippen MR) is 68.8 cm³/mol. The fourth-order valence-corrected chi connectivity index (χ4v) is 1.46. The van der Waals surface area contributed by atoms with E-state index in [2.05, 4.69) is 31.1 Å². The van der Waals surface area contributed by atoms with Gasteiger partial charge in [0.15, 0.2) is 5.84 Å². The molecule has 92 valence electrons. The number of halogens is 1. The highest BCUT2D eigenvalue weighted by Gasteiger charge is 2.05. The SMILES string of the molecule is NC(=NO)c1cncc(Oc2ccc(Br)cc2)n1. The molecule has 1 heterocycles. The molecule has 0 radical (unpaired) electrons. The molecule has 1 aromatic carbocycles. The summed E-state index contributed by atoms with van der Waals surface area (Å²) in [5.74, 6) is 0.759. The summed E-state index contributed by atoms with van der Waals surface area (Å²) in [4.78, 5) is 7.95. The normalized spacial score (nSPS) is 11.3. The molecule has 0 atom stereocenters. The molecule has 0 amide bonds. The lowest BCUT2D eigenvalue weighted by Crippen LogP contribution is -2.15. The molecule has 0 aliphatic heterocycles. The Labute approximate surface area is 111 Å². The van der Waals surface area contributed by atoms with Crippen LogP contribution in [0.25, 0.3) is 0 Å². The van der Waals surface area contributed by atoms with Crippen molar-refractivity contribution in [2.24, 2.45) is 10.9 Å². The van der Waals surface area contributed by atoms with Crippen molar-refractivity contribution in [3.05, 3.63) is 46.8 Å². The summed E-state index contributed by atoms with van der Waals surface area (Å²) in [5, 5.41) is 11.4. The number of ether oxygens (including phenoxy) is 1. The molecule has 0 saturated heterocycles. The van der Waals surface area contributed by atoms with E-state index in [1.165, 1.54) is 12.4 Å². The van der Waals surface area contributed by atoms with Crippen molar-refractivity contribution in [1.82, 2.24) is 9.97 Å². The van der Waals surface area contributed by atoms with E-state index in [-0.39, 0.29) is 17.4 Å². The third-order valence-electron chi connectivity index (χ3n) is 2.02. The van der Waals surface area contributed by atoms with Crippen LogP contribution in [0, 0.1) is 0 Å². The molecular formula is C11H9BrN4O2. The summed E-state index contributed by atoms with van der Waals surface area (Å²) in [6.45, 7) is 0. The van der Waals surface area contributed by atoms with E-state index >= 15 is 0 Å². The number of amidine groups is 1. The van der Waals surface area contributed by atoms with Crippen LogP contribution in [0.4, 0.5) is 0 Å². The molecule has 0 saturated carbocycles. The number of benzene rings is 1. The van der Waals surface area contributed by atoms with Crippen molar-refractivity contribution >= 4 is 21.8 Å². The summed E-state index contributed by atoms with van der Waals surface area (Å²) in [6, 6.07) is 7.25. The lowest BCUT2D eigenvalue weighted by molar-refractivity contribution is 0.318. The predicted octanol–water partition coefficient (Wildman–Crippen LogP) is 2.13. The average Bonchev–Trinajstić information content (AvgIpc) is 2.41. The van der Waals surface area contributed by atoms with E-state index in [9.17, 15) is 0 Å². The zero-order valence-corrected chi connectivity index (χ0v) is 10.7. The average molecular weight is 309 g/mol. The molecule has 0 fully saturated rings. The smallest absolute Gasteiger partial charge is 0.238 e. The number of oxime groups is 1. The number of aromatic nitrogens is 2. The van der Waals surface area contributed by atoms with Crippen LogP contribution in [-0.2, 0) is 0 Å². The molecule has 0 unspecified atom stereocenters. The van der Waals surface area contributed by atoms with Gasteiger partial charge in [0.2, 0.25) is 5.88 Å². The second-order valence-corrected chi connectivity index (χ2v) is 4.20. The number of rotatable bonds is 3. The van der Waals surface area contributed by atoms with Gasteiger partial charge in [0.1, 0.15) is 11.4 Å². The van der Waals surface area contributed by atoms with Crippen molar-refractivity contribution in [2.45, 2.75) is 0 Å². The Bertz CT molecular complexity index is 572. The van der Waals surface area contributed by atoms with Gasteiger partial charge in [-0.1, -0.05) is 21.1 Å². The maximum Gasteiger partial charge on any atom is 0.238 e. The Kier molecular flexibility index (Phi) is 3.73. The topological polar surface area (TPSA) is 93.6 Å². The Morgan fingerprint density at radius 1 is 1.28 bits per heavy atom. The fraction of sp³-hybridized carbons (Fsp3) is 0. The lowest BCUT2D eigenvalue weighted by Gasteiger charge is -2.05. The van der Waals surface area contributed by atoms with Crippen molar-refractivity contribution in [2.75, 3.05) is 0 Å². The maximum absolute atomic E-state index is 8.55. The zero-order chi connectivity index (χ0) is 13.0. The van der Waals surface area contributed by atoms with Crippen LogP contribution < -0.4 is 10.5 Å². The van der Waals surface area contributed by atoms with E-state index in [1.807, 2.05) is 12.1 Å². The van der Waals surface area contributed by atoms with Crippen molar-refractivity contribution < 1.29 is 9.94 Å². The minimum absolute atomic E-state index is 0.122. The molecule has 18 heavy (non-hydrogen) atoms. The quantitative estimate of drug-likeness (QED) is 0.392. The Hall–Kier alpha value is -2.15. The molecule has 2 aromatic rings. The summed E-state index contributed by atoms with van der Waals surface area (Å²) in [7, 11) is 0. The van der Waals surface area contributed by atoms with Gasteiger partial charge in [0, 0.05) is 4.47 Å². The Morgan fingerprint density at radius 2 is 2.00 bits per heavy atom. The zero-order valence-electron chi connectivity index (χ0n) is 9.12. The van der Waals surface area contributed by atoms with Crippen LogP contribution >= 0.6 is 15.9 Å². The van der Waals surface area contributed by atoms with Crippen LogP contribution in [0.5, 0.6) is 11.6 Å². The maximum atomic E-state index is 8.55. The first kappa shape index (κ1) is 12.3. The molecule has 2 rings (SSSR count). The van der Waals surface area contributed by atoms with Crippen LogP contribution in [0.1, 0.15) is 5.69 Å². The van der Waals surface area contributed by atoms with E-state index in [1.54, 1.807) is 12.1 Å². The number of nitrogens with two attached hydrogens (primary N) is 1. The van der Waals surface area contributed by atoms with E-state index in [0.29, 0.717) is 5.75 Å². The highest BCUT2D eigenvalue weighted by molar-refractivity contribution is 9.10. The van der Waals surface area contributed by atoms with Gasteiger partial charge >= 0.3 is 0 Å². The van der Waals surface area contributed by atoms with E-state index < -0.39 is 0 Å². The van der Waals surface area contributed by atoms with Gasteiger partial charge in [-0.15, -0.1) is 0 Å². The van der Waals surface area contributed by atoms with Gasteiger partial charge in [-0.2, -0.15) is 0 Å². The molecule has 6 nitrogen and oxygen atoms in total. The molecular weight excluding hydrogens is 300 g/mol. The monoisotopic (exact) mass is 308 g/mol. The molecule has 7 heteroatoms. The molecule has 0 aliphatic carbocycles. The molecule has 0 spiro atoms. The van der Waals surface area contributed by atoms with Crippen molar-refractivity contribution in [1.29, 1.82) is 0 Å². The summed E-state index contributed by atoms with van der Waals surface area (Å²) < 4.78 is 6.43. The molecule has 0 aliphatic rings. The van der Waals surface area contributed by atoms with Gasteiger partial charge < -0.3 is 15.7 Å². The van der Waals surface area contributed by atoms with Gasteiger partial charge in [0.25, 0.3) is 0 Å². The fourth-order valence-electron chi connectivity index (χ4n) is 1.20. The van der Waals surface area contributed by atoms with Crippen LogP contribution in [0.2, 0.25) is 0 Å². The summed E-state index contributed by atoms with van der Waals surface area (Å²) in [5.41, 5.74) is 5.65. The van der Waals surface area contributed by atoms with Crippen LogP contribution in [-0.4, -0.2) is 21.0 Å². The number of hydrogen-bond donors (Lipinski definition) is 2. The van der Waals surface area contributed by atoms with E-state index in [0.717, 1.165) is 4.47 Å². The third kappa shape index (κ3) is 2.95. The second-order valence-electron chi connectivity index (χ2n) is 3.28. The Balaban J connectivity index is 2.22. The standard InChI is InChI=1S/C11H9BrN4O2/c12-7-1-3-8(4-2-7)18-10-6-14-5-9(15-10)11(13)16-17/h1-6,17H,(H2,13,16). The van der Waals surface area contributed by atoms with Crippen LogP contribution in [0.15, 0.2) is 46.3 Å². The molecule has 3 N–H and O–H groups in total. The number of nitrogens with zero attached hydrogens (tertiary/aromatic N) is 3. The first-order valence-electron chi connectivity index (χ1n) is 4.92. The van der Waals surface area contributed by atoms with Gasteiger partial charge in [-0.3, -0.25) is 4.98 Å². The highest BCUT2D eigenvalue weighted by Crippen LogP contribution is 2.21. The minimum Gasteiger partial charge on any atom is -0.437 e. The Morgan fingerprint density at radius 3 is 2.67 bits per heavy atom. The van der Waals surface area contributed by atoms with Crippen molar-refractivity contribution in [3.63, 3.8) is 0 Å². The first-order chi connectivity index (χ1) is 8.69. The highest BCUT2D eigenvalue weighted by atomic mass is 79.9. The van der Waals surface area contributed by atoms with Crippen molar-refractivity contribution in [3.8, 4) is 11.6 Å². The molecule has 0 bridgehead atoms. The minimum atomic E-state index is -0.122. The first-order valence-corrected chi connectivity index (χ1v) is 5.71. The summed E-state index contributed by atoms with van der Waals surface area (Å²) in [6.07, 6.45) is 2.82. The molecule has 1 aromatic heterocycles. The third-order valence-corrected chi connectivity index (χ3v) is 2.55. The van der Waals surface area contributed by atoms with Gasteiger partial charge in [-0.05, 0) is 24.3 Å². The van der Waals surface area contributed by atoms with Gasteiger partial charge in [-0.25, -0.2) is 4.98 Å². The second kappa shape index (κ2) is 5.46. The van der Waals surface area contributed by atoms with Crippen LogP contribution in [0.3, 0.4) is 0 Å². The van der Waals surface area contributed by atoms with Gasteiger partial charge in [0.05, 0.1) is 12.4 Å². The largest absolute Gasteiger partial charge is 0.437 e. The summed E-state index contributed by atoms with van der Waals surface area (Å²) >= 11 is 3.33. The van der Waals surface area contributed by atoms with E-state index in [4.69, 9.17) is 15.7 Å². The number of hydrogen-bond acceptors (Lipinski definition) is 5.